The van der Waals surface area contributed by atoms with E-state index in [2.05, 4.69) is 25.7 Å². The fraction of sp³-hybridized carbons (Fsp3) is 0.444. The molecule has 0 radical (unpaired) electrons. The number of carboxylic acids is 1. The van der Waals surface area contributed by atoms with E-state index < -0.39 is 14.0 Å². The summed E-state index contributed by atoms with van der Waals surface area (Å²) in [6.07, 6.45) is 0.178. The van der Waals surface area contributed by atoms with Crippen molar-refractivity contribution in [1.82, 2.24) is 0 Å². The Kier molecular flexibility index (Phi) is 2.93. The Morgan fingerprint density at radius 3 is 2.62 bits per heavy atom. The van der Waals surface area contributed by atoms with Crippen LogP contribution in [0.5, 0.6) is 0 Å². The summed E-state index contributed by atoms with van der Waals surface area (Å²) < 4.78 is 0. The van der Waals surface area contributed by atoms with Gasteiger partial charge in [-0.2, -0.15) is 0 Å². The van der Waals surface area contributed by atoms with Crippen molar-refractivity contribution in [2.75, 3.05) is 0 Å². The average molecular weight is 214 g/mol. The summed E-state index contributed by atoms with van der Waals surface area (Å²) in [6, 6.07) is 2.08. The number of thiophene rings is 1. The predicted molar refractivity (Wildman–Crippen MR) is 58.6 cm³/mol. The third kappa shape index (κ3) is 2.67. The van der Waals surface area contributed by atoms with Crippen LogP contribution < -0.4 is 5.19 Å². The molecular formula is C9H14O2SSi. The molecule has 0 aliphatic carbocycles. The normalized spacial score (nSPS) is 11.6. The molecule has 0 unspecified atom stereocenters. The molecule has 4 heteroatoms. The van der Waals surface area contributed by atoms with Crippen LogP contribution in [0.4, 0.5) is 0 Å². The van der Waals surface area contributed by atoms with E-state index in [-0.39, 0.29) is 6.42 Å². The topological polar surface area (TPSA) is 37.3 Å². The summed E-state index contributed by atoms with van der Waals surface area (Å²) in [7, 11) is -1.35. The Labute approximate surface area is 83.2 Å². The highest BCUT2D eigenvalue weighted by molar-refractivity contribution is 7.12. The van der Waals surface area contributed by atoms with E-state index in [1.165, 1.54) is 5.19 Å². The van der Waals surface area contributed by atoms with Crippen molar-refractivity contribution >= 4 is 30.6 Å². The highest BCUT2D eigenvalue weighted by Gasteiger charge is 2.21. The summed E-state index contributed by atoms with van der Waals surface area (Å²) >= 11 is 1.56. The monoisotopic (exact) mass is 214 g/mol. The molecule has 0 bridgehead atoms. The molecule has 0 aliphatic rings. The maximum atomic E-state index is 10.6. The van der Waals surface area contributed by atoms with E-state index in [1.807, 2.05) is 5.38 Å². The zero-order valence-electron chi connectivity index (χ0n) is 8.13. The second-order valence-electron chi connectivity index (χ2n) is 4.08. The molecule has 0 saturated heterocycles. The lowest BCUT2D eigenvalue weighted by Gasteiger charge is -2.16. The third-order valence-corrected chi connectivity index (χ3v) is 5.05. The minimum atomic E-state index is -1.35. The van der Waals surface area contributed by atoms with Gasteiger partial charge in [0.25, 0.3) is 0 Å². The molecule has 0 aliphatic heterocycles. The summed E-state index contributed by atoms with van der Waals surface area (Å²) in [5.41, 5.74) is 0. The van der Waals surface area contributed by atoms with Crippen LogP contribution in [-0.4, -0.2) is 19.1 Å². The summed E-state index contributed by atoms with van der Waals surface area (Å²) in [5.74, 6) is -0.734. The van der Waals surface area contributed by atoms with E-state index in [0.29, 0.717) is 0 Å². The van der Waals surface area contributed by atoms with Crippen molar-refractivity contribution in [3.8, 4) is 0 Å². The number of hydrogen-bond donors (Lipinski definition) is 1. The van der Waals surface area contributed by atoms with Gasteiger partial charge in [0.2, 0.25) is 0 Å². The van der Waals surface area contributed by atoms with Crippen molar-refractivity contribution in [1.29, 1.82) is 0 Å². The van der Waals surface area contributed by atoms with Gasteiger partial charge in [0.1, 0.15) is 0 Å². The van der Waals surface area contributed by atoms with E-state index in [4.69, 9.17) is 5.11 Å². The molecule has 2 nitrogen and oxygen atoms in total. The van der Waals surface area contributed by atoms with Gasteiger partial charge in [-0.15, -0.1) is 11.3 Å². The average Bonchev–Trinajstić information content (AvgIpc) is 2.31. The highest BCUT2D eigenvalue weighted by atomic mass is 32.1. The smallest absolute Gasteiger partial charge is 0.308 e. The molecule has 13 heavy (non-hydrogen) atoms. The van der Waals surface area contributed by atoms with Crippen LogP contribution in [0.2, 0.25) is 19.6 Å². The Bertz CT molecular complexity index is 312. The Balaban J connectivity index is 2.96. The van der Waals surface area contributed by atoms with Crippen molar-refractivity contribution < 1.29 is 9.90 Å². The van der Waals surface area contributed by atoms with E-state index in [9.17, 15) is 4.79 Å². The second-order valence-corrected chi connectivity index (χ2v) is 10.1. The molecule has 0 fully saturated rings. The molecule has 0 aromatic carbocycles. The molecule has 0 saturated carbocycles. The summed E-state index contributed by atoms with van der Waals surface area (Å²) in [4.78, 5) is 11.6. The molecule has 0 amide bonds. The standard InChI is InChI=1S/C9H14O2SSi/c1-13(2,3)8-4-5-12-7(8)6-9(10)11/h4-5H,6H2,1-3H3,(H,10,11). The number of rotatable bonds is 3. The number of hydrogen-bond acceptors (Lipinski definition) is 2. The first-order valence-corrected chi connectivity index (χ1v) is 8.58. The summed E-state index contributed by atoms with van der Waals surface area (Å²) in [6.45, 7) is 6.71. The fourth-order valence-electron chi connectivity index (χ4n) is 1.28. The maximum absolute atomic E-state index is 10.6. The van der Waals surface area contributed by atoms with E-state index in [1.54, 1.807) is 11.3 Å². The van der Waals surface area contributed by atoms with Crippen LogP contribution in [0.15, 0.2) is 11.4 Å². The van der Waals surface area contributed by atoms with Gasteiger partial charge in [-0.25, -0.2) is 0 Å². The predicted octanol–water partition coefficient (Wildman–Crippen LogP) is 1.92. The maximum Gasteiger partial charge on any atom is 0.308 e. The van der Waals surface area contributed by atoms with Crippen LogP contribution in [0.1, 0.15) is 4.88 Å². The number of aliphatic carboxylic acids is 1. The first-order chi connectivity index (χ1) is 5.91. The first kappa shape index (κ1) is 10.5. The highest BCUT2D eigenvalue weighted by Crippen LogP contribution is 2.13. The van der Waals surface area contributed by atoms with Crippen molar-refractivity contribution in [3.63, 3.8) is 0 Å². The van der Waals surface area contributed by atoms with Crippen LogP contribution in [0.25, 0.3) is 0 Å². The zero-order valence-corrected chi connectivity index (χ0v) is 9.94. The molecular weight excluding hydrogens is 200 g/mol. The van der Waals surface area contributed by atoms with Gasteiger partial charge in [0.15, 0.2) is 0 Å². The van der Waals surface area contributed by atoms with Gasteiger partial charge in [0, 0.05) is 4.88 Å². The molecule has 1 aromatic heterocycles. The Morgan fingerprint density at radius 1 is 1.54 bits per heavy atom. The van der Waals surface area contributed by atoms with Crippen molar-refractivity contribution in [3.05, 3.63) is 16.3 Å². The lowest BCUT2D eigenvalue weighted by molar-refractivity contribution is -0.136. The van der Waals surface area contributed by atoms with Gasteiger partial charge < -0.3 is 5.11 Å². The van der Waals surface area contributed by atoms with Gasteiger partial charge >= 0.3 is 5.97 Å². The number of carboxylic acid groups (broad SMARTS) is 1. The first-order valence-electron chi connectivity index (χ1n) is 4.20. The lowest BCUT2D eigenvalue weighted by atomic mass is 10.3. The van der Waals surface area contributed by atoms with Crippen LogP contribution in [0, 0.1) is 0 Å². The quantitative estimate of drug-likeness (QED) is 0.781. The SMILES string of the molecule is C[Si](C)(C)c1ccsc1CC(=O)O. The summed E-state index contributed by atoms with van der Waals surface area (Å²) in [5, 5.41) is 12.0. The molecule has 1 heterocycles. The van der Waals surface area contributed by atoms with E-state index in [0.717, 1.165) is 4.88 Å². The second kappa shape index (κ2) is 3.63. The molecule has 1 rings (SSSR count). The largest absolute Gasteiger partial charge is 0.481 e. The zero-order chi connectivity index (χ0) is 10.1. The molecule has 72 valence electrons. The van der Waals surface area contributed by atoms with Gasteiger partial charge in [-0.3, -0.25) is 4.79 Å². The van der Waals surface area contributed by atoms with Crippen LogP contribution >= 0.6 is 11.3 Å². The van der Waals surface area contributed by atoms with Gasteiger partial charge in [0.05, 0.1) is 14.5 Å². The fourth-order valence-corrected chi connectivity index (χ4v) is 4.78. The molecule has 1 N–H and O–H groups in total. The van der Waals surface area contributed by atoms with Crippen molar-refractivity contribution in [2.24, 2.45) is 0 Å². The Hall–Kier alpha value is -0.613. The Morgan fingerprint density at radius 2 is 2.15 bits per heavy atom. The number of carbonyl (C=O) groups is 1. The van der Waals surface area contributed by atoms with Crippen molar-refractivity contribution in [2.45, 2.75) is 26.1 Å². The van der Waals surface area contributed by atoms with E-state index >= 15 is 0 Å². The van der Waals surface area contributed by atoms with Gasteiger partial charge in [-0.05, 0) is 10.6 Å². The van der Waals surface area contributed by atoms with Gasteiger partial charge in [-0.1, -0.05) is 25.7 Å². The lowest BCUT2D eigenvalue weighted by Crippen LogP contribution is -2.39. The van der Waals surface area contributed by atoms with Crippen LogP contribution in [0.3, 0.4) is 0 Å². The molecule has 0 spiro atoms. The minimum Gasteiger partial charge on any atom is -0.481 e. The minimum absolute atomic E-state index is 0.178. The molecule has 1 aromatic rings. The third-order valence-electron chi connectivity index (χ3n) is 1.87. The van der Waals surface area contributed by atoms with Crippen LogP contribution in [-0.2, 0) is 11.2 Å². The molecule has 0 atom stereocenters.